The van der Waals surface area contributed by atoms with Gasteiger partial charge in [0.05, 0.1) is 19.8 Å². The van der Waals surface area contributed by atoms with Crippen LogP contribution in [-0.2, 0) is 20.9 Å². The smallest absolute Gasteiger partial charge is 0.221 e. The molecule has 5 nitrogen and oxygen atoms in total. The van der Waals surface area contributed by atoms with Crippen molar-refractivity contribution in [2.45, 2.75) is 13.5 Å². The average molecular weight is 264 g/mol. The highest BCUT2D eigenvalue weighted by atomic mass is 16.5. The molecule has 1 amide bonds. The van der Waals surface area contributed by atoms with Crippen molar-refractivity contribution in [2.24, 2.45) is 0 Å². The molecule has 1 aromatic carbocycles. The second-order valence-electron chi connectivity index (χ2n) is 4.56. The topological polar surface area (TPSA) is 50.8 Å². The van der Waals surface area contributed by atoms with E-state index in [0.29, 0.717) is 6.61 Å². The van der Waals surface area contributed by atoms with Crippen LogP contribution in [0.2, 0.25) is 0 Å². The second kappa shape index (κ2) is 6.54. The zero-order valence-electron chi connectivity index (χ0n) is 11.4. The maximum absolute atomic E-state index is 11.1. The van der Waals surface area contributed by atoms with Crippen LogP contribution in [-0.4, -0.2) is 39.3 Å². The number of morpholine rings is 1. The number of methoxy groups -OCH3 is 1. The Labute approximate surface area is 113 Å². The third-order valence-corrected chi connectivity index (χ3v) is 3.05. The Morgan fingerprint density at radius 1 is 1.42 bits per heavy atom. The first kappa shape index (κ1) is 13.8. The highest BCUT2D eigenvalue weighted by Gasteiger charge is 2.15. The van der Waals surface area contributed by atoms with Crippen LogP contribution in [0.1, 0.15) is 12.5 Å². The van der Waals surface area contributed by atoms with E-state index in [9.17, 15) is 4.79 Å². The van der Waals surface area contributed by atoms with E-state index in [0.717, 1.165) is 43.2 Å². The molecule has 0 unspecified atom stereocenters. The van der Waals surface area contributed by atoms with Gasteiger partial charge in [0.15, 0.2) is 0 Å². The van der Waals surface area contributed by atoms with Gasteiger partial charge in [0.25, 0.3) is 0 Å². The van der Waals surface area contributed by atoms with Gasteiger partial charge in [-0.05, 0) is 18.2 Å². The number of amides is 1. The Morgan fingerprint density at radius 2 is 2.16 bits per heavy atom. The maximum atomic E-state index is 11.1. The molecule has 0 bridgehead atoms. The first-order valence-corrected chi connectivity index (χ1v) is 6.43. The van der Waals surface area contributed by atoms with E-state index in [1.807, 2.05) is 18.2 Å². The zero-order chi connectivity index (χ0) is 13.7. The van der Waals surface area contributed by atoms with Crippen LogP contribution in [0.15, 0.2) is 18.2 Å². The molecule has 1 aromatic rings. The minimum Gasteiger partial charge on any atom is -0.380 e. The Hall–Kier alpha value is -1.59. The fourth-order valence-corrected chi connectivity index (χ4v) is 2.25. The standard InChI is InChI=1S/C14H20N2O3/c1-11(17)15-13-3-4-14(12(9-13)10-18-2)16-5-7-19-8-6-16/h3-4,9H,5-8,10H2,1-2H3,(H,15,17). The molecule has 5 heteroatoms. The monoisotopic (exact) mass is 264 g/mol. The first-order valence-electron chi connectivity index (χ1n) is 6.43. The van der Waals surface area contributed by atoms with Gasteiger partial charge in [-0.2, -0.15) is 0 Å². The molecular formula is C14H20N2O3. The van der Waals surface area contributed by atoms with Gasteiger partial charge in [-0.15, -0.1) is 0 Å². The average Bonchev–Trinajstić information content (AvgIpc) is 2.40. The normalized spacial score (nSPS) is 15.4. The first-order chi connectivity index (χ1) is 9.20. The van der Waals surface area contributed by atoms with E-state index < -0.39 is 0 Å². The number of nitrogens with one attached hydrogen (secondary N) is 1. The van der Waals surface area contributed by atoms with E-state index in [4.69, 9.17) is 9.47 Å². The number of anilines is 2. The molecule has 1 saturated heterocycles. The van der Waals surface area contributed by atoms with Crippen molar-refractivity contribution >= 4 is 17.3 Å². The van der Waals surface area contributed by atoms with Gasteiger partial charge in [0.2, 0.25) is 5.91 Å². The number of ether oxygens (including phenoxy) is 2. The summed E-state index contributed by atoms with van der Waals surface area (Å²) < 4.78 is 10.6. The van der Waals surface area contributed by atoms with Crippen LogP contribution in [0.5, 0.6) is 0 Å². The van der Waals surface area contributed by atoms with Crippen molar-refractivity contribution in [3.8, 4) is 0 Å². The third-order valence-electron chi connectivity index (χ3n) is 3.05. The number of carbonyl (C=O) groups is 1. The lowest BCUT2D eigenvalue weighted by atomic mass is 10.1. The molecule has 0 atom stereocenters. The molecule has 1 aliphatic rings. The molecule has 104 valence electrons. The van der Waals surface area contributed by atoms with Crippen molar-refractivity contribution in [1.82, 2.24) is 0 Å². The van der Waals surface area contributed by atoms with Gasteiger partial charge in [0.1, 0.15) is 0 Å². The summed E-state index contributed by atoms with van der Waals surface area (Å²) in [4.78, 5) is 13.4. The number of benzene rings is 1. The Morgan fingerprint density at radius 3 is 2.79 bits per heavy atom. The van der Waals surface area contributed by atoms with Crippen LogP contribution in [0.4, 0.5) is 11.4 Å². The predicted octanol–water partition coefficient (Wildman–Crippen LogP) is 1.63. The minimum absolute atomic E-state index is 0.0671. The largest absolute Gasteiger partial charge is 0.380 e. The van der Waals surface area contributed by atoms with Gasteiger partial charge in [-0.3, -0.25) is 4.79 Å². The van der Waals surface area contributed by atoms with Crippen molar-refractivity contribution in [2.75, 3.05) is 43.6 Å². The van der Waals surface area contributed by atoms with E-state index >= 15 is 0 Å². The fraction of sp³-hybridized carbons (Fsp3) is 0.500. The summed E-state index contributed by atoms with van der Waals surface area (Å²) in [6.45, 7) is 5.30. The molecule has 2 rings (SSSR count). The van der Waals surface area contributed by atoms with Crippen LogP contribution < -0.4 is 10.2 Å². The highest BCUT2D eigenvalue weighted by Crippen LogP contribution is 2.26. The Bertz CT molecular complexity index is 442. The number of carbonyl (C=O) groups excluding carboxylic acids is 1. The number of nitrogens with zero attached hydrogens (tertiary/aromatic N) is 1. The van der Waals surface area contributed by atoms with Crippen molar-refractivity contribution < 1.29 is 14.3 Å². The number of rotatable bonds is 4. The second-order valence-corrected chi connectivity index (χ2v) is 4.56. The third kappa shape index (κ3) is 3.68. The summed E-state index contributed by atoms with van der Waals surface area (Å²) in [5.41, 5.74) is 3.03. The lowest BCUT2D eigenvalue weighted by molar-refractivity contribution is -0.114. The summed E-state index contributed by atoms with van der Waals surface area (Å²) in [6, 6.07) is 5.92. The fourth-order valence-electron chi connectivity index (χ4n) is 2.25. The van der Waals surface area contributed by atoms with E-state index in [2.05, 4.69) is 10.2 Å². The molecule has 0 saturated carbocycles. The van der Waals surface area contributed by atoms with Crippen molar-refractivity contribution in [3.63, 3.8) is 0 Å². The predicted molar refractivity (Wildman–Crippen MR) is 74.5 cm³/mol. The molecule has 19 heavy (non-hydrogen) atoms. The summed E-state index contributed by atoms with van der Waals surface area (Å²) in [6.07, 6.45) is 0. The minimum atomic E-state index is -0.0671. The van der Waals surface area contributed by atoms with Gasteiger partial charge in [-0.25, -0.2) is 0 Å². The van der Waals surface area contributed by atoms with Gasteiger partial charge < -0.3 is 19.7 Å². The zero-order valence-corrected chi connectivity index (χ0v) is 11.4. The van der Waals surface area contributed by atoms with Gasteiger partial charge in [0, 0.05) is 44.1 Å². The lowest BCUT2D eigenvalue weighted by Gasteiger charge is -2.30. The lowest BCUT2D eigenvalue weighted by Crippen LogP contribution is -2.36. The molecule has 1 N–H and O–H groups in total. The maximum Gasteiger partial charge on any atom is 0.221 e. The quantitative estimate of drug-likeness (QED) is 0.898. The Kier molecular flexibility index (Phi) is 4.76. The number of hydrogen-bond donors (Lipinski definition) is 1. The highest BCUT2D eigenvalue weighted by molar-refractivity contribution is 5.89. The van der Waals surface area contributed by atoms with Crippen LogP contribution >= 0.6 is 0 Å². The van der Waals surface area contributed by atoms with Crippen LogP contribution in [0, 0.1) is 0 Å². The molecule has 0 aliphatic carbocycles. The van der Waals surface area contributed by atoms with Gasteiger partial charge >= 0.3 is 0 Å². The molecule has 1 fully saturated rings. The van der Waals surface area contributed by atoms with E-state index in [-0.39, 0.29) is 5.91 Å². The summed E-state index contributed by atoms with van der Waals surface area (Å²) in [5, 5.41) is 2.80. The molecule has 0 radical (unpaired) electrons. The summed E-state index contributed by atoms with van der Waals surface area (Å²) in [7, 11) is 1.67. The van der Waals surface area contributed by atoms with Gasteiger partial charge in [-0.1, -0.05) is 0 Å². The Balaban J connectivity index is 2.23. The van der Waals surface area contributed by atoms with E-state index in [1.54, 1.807) is 7.11 Å². The molecule has 1 aliphatic heterocycles. The SMILES string of the molecule is COCc1cc(NC(C)=O)ccc1N1CCOCC1. The molecular weight excluding hydrogens is 244 g/mol. The molecule has 1 heterocycles. The molecule has 0 aromatic heterocycles. The van der Waals surface area contributed by atoms with Crippen LogP contribution in [0.25, 0.3) is 0 Å². The van der Waals surface area contributed by atoms with E-state index in [1.165, 1.54) is 6.92 Å². The van der Waals surface area contributed by atoms with Crippen molar-refractivity contribution in [3.05, 3.63) is 23.8 Å². The molecule has 0 spiro atoms. The summed E-state index contributed by atoms with van der Waals surface area (Å²) >= 11 is 0. The summed E-state index contributed by atoms with van der Waals surface area (Å²) in [5.74, 6) is -0.0671. The van der Waals surface area contributed by atoms with Crippen molar-refractivity contribution in [1.29, 1.82) is 0 Å². The number of hydrogen-bond acceptors (Lipinski definition) is 4. The van der Waals surface area contributed by atoms with Crippen LogP contribution in [0.3, 0.4) is 0 Å².